The minimum absolute atomic E-state index is 0.268. The molecule has 0 saturated carbocycles. The Balaban J connectivity index is 2.63. The normalized spacial score (nSPS) is 14.5. The molecule has 0 bridgehead atoms. The SMILES string of the molecule is CC(Cl)C[CH]Br. The Hall–Kier alpha value is 0.770. The Kier molecular flexibility index (Phi) is 4.45. The molecule has 2 heteroatoms. The number of alkyl halides is 1. The third-order valence-electron chi connectivity index (χ3n) is 0.414. The average Bonchev–Trinajstić information content (AvgIpc) is 1.35. The second-order valence-electron chi connectivity index (χ2n) is 1.17. The van der Waals surface area contributed by atoms with Gasteiger partial charge in [0.1, 0.15) is 0 Å². The second kappa shape index (κ2) is 3.94. The van der Waals surface area contributed by atoms with Gasteiger partial charge < -0.3 is 0 Å². The van der Waals surface area contributed by atoms with Crippen LogP contribution >= 0.6 is 27.5 Å². The predicted molar refractivity (Wildman–Crippen MR) is 33.2 cm³/mol. The first kappa shape index (κ1) is 6.77. The summed E-state index contributed by atoms with van der Waals surface area (Å²) < 4.78 is 0. The van der Waals surface area contributed by atoms with Crippen LogP contribution < -0.4 is 0 Å². The van der Waals surface area contributed by atoms with E-state index in [-0.39, 0.29) is 5.38 Å². The van der Waals surface area contributed by atoms with Gasteiger partial charge in [0.15, 0.2) is 0 Å². The second-order valence-corrected chi connectivity index (χ2v) is 2.56. The average molecular weight is 170 g/mol. The van der Waals surface area contributed by atoms with E-state index in [0.717, 1.165) is 6.42 Å². The molecule has 0 saturated heterocycles. The van der Waals surface area contributed by atoms with E-state index < -0.39 is 0 Å². The van der Waals surface area contributed by atoms with Crippen molar-refractivity contribution < 1.29 is 0 Å². The van der Waals surface area contributed by atoms with E-state index in [1.54, 1.807) is 0 Å². The molecule has 6 heavy (non-hydrogen) atoms. The van der Waals surface area contributed by atoms with Gasteiger partial charge in [0, 0.05) is 10.7 Å². The fourth-order valence-electron chi connectivity index (χ4n) is 0.123. The van der Waals surface area contributed by atoms with Gasteiger partial charge in [0.2, 0.25) is 0 Å². The Labute approximate surface area is 52.0 Å². The van der Waals surface area contributed by atoms with Gasteiger partial charge in [-0.15, -0.1) is 11.6 Å². The summed E-state index contributed by atoms with van der Waals surface area (Å²) in [6.45, 7) is 1.96. The van der Waals surface area contributed by atoms with Crippen LogP contribution in [0.15, 0.2) is 0 Å². The van der Waals surface area contributed by atoms with Crippen molar-refractivity contribution >= 4 is 27.5 Å². The zero-order valence-electron chi connectivity index (χ0n) is 3.62. The van der Waals surface area contributed by atoms with Gasteiger partial charge in [0.05, 0.1) is 0 Å². The molecule has 0 rings (SSSR count). The highest BCUT2D eigenvalue weighted by atomic mass is 79.9. The van der Waals surface area contributed by atoms with Crippen LogP contribution in [-0.4, -0.2) is 5.38 Å². The van der Waals surface area contributed by atoms with Crippen LogP contribution in [0.3, 0.4) is 0 Å². The summed E-state index contributed by atoms with van der Waals surface area (Å²) >= 11 is 8.66. The molecule has 0 aromatic rings. The number of hydrogen-bond donors (Lipinski definition) is 0. The predicted octanol–water partition coefficient (Wildman–Crippen LogP) is 2.56. The number of halogens is 2. The Morgan fingerprint density at radius 2 is 2.50 bits per heavy atom. The zero-order chi connectivity index (χ0) is 4.99. The molecule has 0 aliphatic heterocycles. The van der Waals surface area contributed by atoms with Crippen molar-refractivity contribution in [2.75, 3.05) is 0 Å². The Bertz CT molecular complexity index is 28.7. The third-order valence-corrected chi connectivity index (χ3v) is 0.966. The van der Waals surface area contributed by atoms with Crippen molar-refractivity contribution in [2.24, 2.45) is 0 Å². The van der Waals surface area contributed by atoms with Gasteiger partial charge in [-0.3, -0.25) is 0 Å². The minimum atomic E-state index is 0.268. The highest BCUT2D eigenvalue weighted by molar-refractivity contribution is 9.10. The molecule has 0 aromatic carbocycles. The van der Waals surface area contributed by atoms with E-state index in [4.69, 9.17) is 11.6 Å². The van der Waals surface area contributed by atoms with Crippen LogP contribution in [0.4, 0.5) is 0 Å². The summed E-state index contributed by atoms with van der Waals surface area (Å²) in [7, 11) is 0. The summed E-state index contributed by atoms with van der Waals surface area (Å²) in [6.07, 6.45) is 0.932. The summed E-state index contributed by atoms with van der Waals surface area (Å²) in [5.41, 5.74) is 0. The maximum Gasteiger partial charge on any atom is 0.0318 e. The smallest absolute Gasteiger partial charge is 0.0318 e. The van der Waals surface area contributed by atoms with Crippen molar-refractivity contribution in [1.29, 1.82) is 0 Å². The highest BCUT2D eigenvalue weighted by Crippen LogP contribution is 2.05. The van der Waals surface area contributed by atoms with Crippen molar-refractivity contribution in [2.45, 2.75) is 18.7 Å². The molecule has 37 valence electrons. The first-order valence-corrected chi connectivity index (χ1v) is 3.18. The van der Waals surface area contributed by atoms with E-state index >= 15 is 0 Å². The molecule has 0 heterocycles. The lowest BCUT2D eigenvalue weighted by Crippen LogP contribution is -1.84. The van der Waals surface area contributed by atoms with E-state index in [1.807, 2.05) is 12.3 Å². The molecule has 0 aromatic heterocycles. The van der Waals surface area contributed by atoms with Gasteiger partial charge in [-0.1, -0.05) is 15.9 Å². The Morgan fingerprint density at radius 3 is 2.50 bits per heavy atom. The van der Waals surface area contributed by atoms with Gasteiger partial charge in [0.25, 0.3) is 0 Å². The zero-order valence-corrected chi connectivity index (χ0v) is 5.96. The van der Waals surface area contributed by atoms with E-state index in [9.17, 15) is 0 Å². The van der Waals surface area contributed by atoms with Crippen LogP contribution in [0.25, 0.3) is 0 Å². The van der Waals surface area contributed by atoms with Crippen molar-refractivity contribution in [1.82, 2.24) is 0 Å². The van der Waals surface area contributed by atoms with Crippen LogP contribution in [0.5, 0.6) is 0 Å². The topological polar surface area (TPSA) is 0 Å². The van der Waals surface area contributed by atoms with Gasteiger partial charge in [-0.05, 0) is 13.3 Å². The molecule has 0 N–H and O–H groups in total. The molecule has 1 atom stereocenters. The first-order valence-electron chi connectivity index (χ1n) is 1.83. The maximum absolute atomic E-state index is 5.52. The van der Waals surface area contributed by atoms with Crippen LogP contribution in [0, 0.1) is 5.33 Å². The van der Waals surface area contributed by atoms with Crippen LogP contribution in [0.1, 0.15) is 13.3 Å². The lowest BCUT2D eigenvalue weighted by atomic mass is 10.4. The highest BCUT2D eigenvalue weighted by Gasteiger charge is 1.89. The standard InChI is InChI=1S/C4H7BrCl/c1-4(6)2-3-5/h3-4H,2H2,1H3. The molecule has 0 nitrogen and oxygen atoms in total. The van der Waals surface area contributed by atoms with Crippen molar-refractivity contribution in [3.05, 3.63) is 5.33 Å². The van der Waals surface area contributed by atoms with Crippen LogP contribution in [-0.2, 0) is 0 Å². The maximum atomic E-state index is 5.52. The fraction of sp³-hybridized carbons (Fsp3) is 0.750. The van der Waals surface area contributed by atoms with E-state index in [2.05, 4.69) is 15.9 Å². The van der Waals surface area contributed by atoms with Crippen LogP contribution in [0.2, 0.25) is 0 Å². The molecular weight excluding hydrogens is 163 g/mol. The summed E-state index contributed by atoms with van der Waals surface area (Å²) in [4.78, 5) is 0. The number of rotatable bonds is 2. The lowest BCUT2D eigenvalue weighted by molar-refractivity contribution is 0.958. The molecule has 0 aliphatic rings. The molecule has 0 aliphatic carbocycles. The largest absolute Gasteiger partial charge is 0.123 e. The third kappa shape index (κ3) is 4.77. The monoisotopic (exact) mass is 169 g/mol. The summed E-state index contributed by atoms with van der Waals surface area (Å²) in [6, 6.07) is 0. The molecule has 0 amide bonds. The molecule has 1 unspecified atom stereocenters. The molecule has 1 radical (unpaired) electrons. The van der Waals surface area contributed by atoms with Gasteiger partial charge in [-0.25, -0.2) is 0 Å². The van der Waals surface area contributed by atoms with Gasteiger partial charge >= 0.3 is 0 Å². The van der Waals surface area contributed by atoms with Crippen molar-refractivity contribution in [3.63, 3.8) is 0 Å². The Morgan fingerprint density at radius 1 is 2.00 bits per heavy atom. The minimum Gasteiger partial charge on any atom is -0.123 e. The first-order chi connectivity index (χ1) is 2.77. The molecular formula is C4H7BrCl. The van der Waals surface area contributed by atoms with Gasteiger partial charge in [-0.2, -0.15) is 0 Å². The van der Waals surface area contributed by atoms with E-state index in [0.29, 0.717) is 0 Å². The molecule has 0 fully saturated rings. The lowest BCUT2D eigenvalue weighted by Gasteiger charge is -1.91. The fourth-order valence-corrected chi connectivity index (χ4v) is 0.988. The van der Waals surface area contributed by atoms with E-state index in [1.165, 1.54) is 0 Å². The molecule has 0 spiro atoms. The summed E-state index contributed by atoms with van der Waals surface area (Å²) in [5, 5.41) is 2.15. The van der Waals surface area contributed by atoms with Crippen molar-refractivity contribution in [3.8, 4) is 0 Å². The number of hydrogen-bond acceptors (Lipinski definition) is 0. The quantitative estimate of drug-likeness (QED) is 0.559. The summed E-state index contributed by atoms with van der Waals surface area (Å²) in [5.74, 6) is 0.